The highest BCUT2D eigenvalue weighted by Crippen LogP contribution is 2.05. The third kappa shape index (κ3) is 11.6. The van der Waals surface area contributed by atoms with Gasteiger partial charge in [0.2, 0.25) is 17.7 Å². The number of rotatable bonds is 16. The van der Waals surface area contributed by atoms with Gasteiger partial charge in [0, 0.05) is 6.42 Å². The van der Waals surface area contributed by atoms with Crippen LogP contribution in [0.2, 0.25) is 0 Å². The average molecular weight is 478 g/mol. The van der Waals surface area contributed by atoms with Gasteiger partial charge < -0.3 is 47.8 Å². The molecule has 6 unspecified atom stereocenters. The number of aliphatic carboxylic acids is 2. The Morgan fingerprint density at radius 2 is 1.36 bits per heavy atom. The van der Waals surface area contributed by atoms with Gasteiger partial charge in [0.15, 0.2) is 0 Å². The van der Waals surface area contributed by atoms with Crippen LogP contribution in [0.15, 0.2) is 0 Å². The van der Waals surface area contributed by atoms with E-state index in [4.69, 9.17) is 16.6 Å². The van der Waals surface area contributed by atoms with Gasteiger partial charge in [0.25, 0.3) is 0 Å². The van der Waals surface area contributed by atoms with Crippen LogP contribution in [-0.2, 0) is 24.0 Å². The maximum Gasteiger partial charge on any atom is 0.326 e. The molecule has 0 aliphatic heterocycles. The van der Waals surface area contributed by atoms with E-state index in [2.05, 4.69) is 16.0 Å². The van der Waals surface area contributed by atoms with Crippen molar-refractivity contribution >= 4 is 29.7 Å². The predicted molar refractivity (Wildman–Crippen MR) is 115 cm³/mol. The summed E-state index contributed by atoms with van der Waals surface area (Å²) < 4.78 is 0. The molecule has 0 fully saturated rings. The lowest BCUT2D eigenvalue weighted by atomic mass is 10.0. The van der Waals surface area contributed by atoms with Crippen LogP contribution in [0.1, 0.15) is 46.0 Å². The molecule has 11 N–H and O–H groups in total. The fraction of sp³-hybridized carbons (Fsp3) is 0.737. The number of aliphatic hydroxyl groups excluding tert-OH is 2. The Balaban J connectivity index is 5.42. The molecule has 0 radical (unpaired) electrons. The minimum Gasteiger partial charge on any atom is -0.481 e. The number of carbonyl (C=O) groups excluding carboxylic acids is 3. The minimum absolute atomic E-state index is 0.117. The van der Waals surface area contributed by atoms with Crippen LogP contribution in [0.4, 0.5) is 0 Å². The molecule has 0 aromatic carbocycles. The molecular weight excluding hydrogens is 442 g/mol. The first-order valence-corrected chi connectivity index (χ1v) is 10.5. The summed E-state index contributed by atoms with van der Waals surface area (Å²) in [4.78, 5) is 59.5. The zero-order valence-corrected chi connectivity index (χ0v) is 18.7. The number of carbonyl (C=O) groups is 5. The maximum atomic E-state index is 12.8. The number of carboxylic acids is 2. The van der Waals surface area contributed by atoms with E-state index in [1.54, 1.807) is 0 Å². The van der Waals surface area contributed by atoms with Crippen molar-refractivity contribution in [1.82, 2.24) is 16.0 Å². The first-order chi connectivity index (χ1) is 15.3. The number of nitrogens with two attached hydrogens (primary N) is 2. The first-order valence-electron chi connectivity index (χ1n) is 10.5. The average Bonchev–Trinajstić information content (AvgIpc) is 2.72. The number of hydrogen-bond donors (Lipinski definition) is 9. The third-order valence-corrected chi connectivity index (χ3v) is 4.73. The van der Waals surface area contributed by atoms with E-state index in [1.807, 2.05) is 0 Å². The quantitative estimate of drug-likeness (QED) is 0.0990. The van der Waals surface area contributed by atoms with Gasteiger partial charge in [-0.15, -0.1) is 0 Å². The molecule has 6 atom stereocenters. The summed E-state index contributed by atoms with van der Waals surface area (Å²) in [5.41, 5.74) is 11.0. The fourth-order valence-corrected chi connectivity index (χ4v) is 2.69. The molecule has 0 heterocycles. The number of amides is 3. The number of nitrogens with one attached hydrogen (secondary N) is 3. The van der Waals surface area contributed by atoms with E-state index in [1.165, 1.54) is 13.8 Å². The van der Waals surface area contributed by atoms with Gasteiger partial charge in [-0.2, -0.15) is 0 Å². The Bertz CT molecular complexity index is 687. The predicted octanol–water partition coefficient (Wildman–Crippen LogP) is -3.39. The summed E-state index contributed by atoms with van der Waals surface area (Å²) in [5, 5.41) is 44.1. The molecule has 0 saturated heterocycles. The van der Waals surface area contributed by atoms with Crippen LogP contribution < -0.4 is 27.4 Å². The van der Waals surface area contributed by atoms with E-state index in [9.17, 15) is 39.3 Å². The van der Waals surface area contributed by atoms with Gasteiger partial charge in [0.05, 0.1) is 12.2 Å². The van der Waals surface area contributed by atoms with Gasteiger partial charge in [0.1, 0.15) is 24.2 Å². The van der Waals surface area contributed by atoms with Crippen molar-refractivity contribution in [3.63, 3.8) is 0 Å². The third-order valence-electron chi connectivity index (χ3n) is 4.73. The van der Waals surface area contributed by atoms with Crippen molar-refractivity contribution in [1.29, 1.82) is 0 Å². The molecule has 3 amide bonds. The Hall–Kier alpha value is -2.81. The summed E-state index contributed by atoms with van der Waals surface area (Å²) in [6, 6.07) is -5.64. The number of hydrogen-bond acceptors (Lipinski definition) is 9. The van der Waals surface area contributed by atoms with Crippen molar-refractivity contribution < 1.29 is 44.4 Å². The van der Waals surface area contributed by atoms with Crippen molar-refractivity contribution in [2.75, 3.05) is 6.54 Å². The Morgan fingerprint density at radius 1 is 0.788 bits per heavy atom. The molecule has 190 valence electrons. The zero-order chi connectivity index (χ0) is 25.7. The van der Waals surface area contributed by atoms with Gasteiger partial charge in [-0.05, 0) is 46.1 Å². The molecule has 14 heteroatoms. The summed E-state index contributed by atoms with van der Waals surface area (Å²) in [7, 11) is 0. The van der Waals surface area contributed by atoms with Crippen molar-refractivity contribution in [3.05, 3.63) is 0 Å². The summed E-state index contributed by atoms with van der Waals surface area (Å²) in [5.74, 6) is -5.46. The van der Waals surface area contributed by atoms with Gasteiger partial charge in [-0.25, -0.2) is 4.79 Å². The SMILES string of the molecule is CC(O)C(N)C(=O)NC(CCCCN)C(=O)NC(C(=O)NC(CCC(=O)O)C(=O)O)C(C)O. The molecule has 14 nitrogen and oxygen atoms in total. The second-order valence-corrected chi connectivity index (χ2v) is 7.67. The van der Waals surface area contributed by atoms with Crippen LogP contribution in [0, 0.1) is 0 Å². The van der Waals surface area contributed by atoms with Crippen LogP contribution in [0.3, 0.4) is 0 Å². The second kappa shape index (κ2) is 15.1. The molecule has 0 aromatic rings. The second-order valence-electron chi connectivity index (χ2n) is 7.67. The summed E-state index contributed by atoms with van der Waals surface area (Å²) in [6.45, 7) is 2.81. The van der Waals surface area contributed by atoms with Crippen molar-refractivity contribution in [2.24, 2.45) is 11.5 Å². The number of aliphatic hydroxyl groups is 2. The highest BCUT2D eigenvalue weighted by atomic mass is 16.4. The van der Waals surface area contributed by atoms with Crippen LogP contribution in [-0.4, -0.2) is 93.0 Å². The summed E-state index contributed by atoms with van der Waals surface area (Å²) in [6.07, 6.45) is -2.50. The van der Waals surface area contributed by atoms with Gasteiger partial charge in [-0.1, -0.05) is 0 Å². The molecule has 0 aromatic heterocycles. The van der Waals surface area contributed by atoms with Crippen LogP contribution in [0.25, 0.3) is 0 Å². The van der Waals surface area contributed by atoms with E-state index < -0.39 is 78.9 Å². The van der Waals surface area contributed by atoms with Crippen LogP contribution in [0.5, 0.6) is 0 Å². The number of unbranched alkanes of at least 4 members (excludes halogenated alkanes) is 1. The smallest absolute Gasteiger partial charge is 0.326 e. The van der Waals surface area contributed by atoms with Crippen LogP contribution >= 0.6 is 0 Å². The van der Waals surface area contributed by atoms with E-state index in [0.29, 0.717) is 19.4 Å². The number of carboxylic acid groups (broad SMARTS) is 2. The molecule has 0 aliphatic carbocycles. The molecule has 0 aliphatic rings. The lowest BCUT2D eigenvalue weighted by molar-refractivity contribution is -0.144. The molecular formula is C19H35N5O9. The minimum atomic E-state index is -1.59. The molecule has 33 heavy (non-hydrogen) atoms. The maximum absolute atomic E-state index is 12.8. The zero-order valence-electron chi connectivity index (χ0n) is 18.7. The Morgan fingerprint density at radius 3 is 1.82 bits per heavy atom. The Kier molecular flexibility index (Phi) is 13.8. The monoisotopic (exact) mass is 477 g/mol. The van der Waals surface area contributed by atoms with E-state index >= 15 is 0 Å². The van der Waals surface area contributed by atoms with E-state index in [0.717, 1.165) is 0 Å². The first kappa shape index (κ1) is 30.2. The van der Waals surface area contributed by atoms with E-state index in [-0.39, 0.29) is 6.42 Å². The van der Waals surface area contributed by atoms with Gasteiger partial charge in [-0.3, -0.25) is 19.2 Å². The highest BCUT2D eigenvalue weighted by molar-refractivity contribution is 5.94. The summed E-state index contributed by atoms with van der Waals surface area (Å²) >= 11 is 0. The topological polar surface area (TPSA) is 254 Å². The van der Waals surface area contributed by atoms with Gasteiger partial charge >= 0.3 is 11.9 Å². The molecule has 0 bridgehead atoms. The van der Waals surface area contributed by atoms with Crippen molar-refractivity contribution in [3.8, 4) is 0 Å². The standard InChI is InChI=1S/C19H35N5O9/c1-9(25)14(21)17(30)22-11(5-3-4-8-20)16(29)24-15(10(2)26)18(31)23-12(19(32)33)6-7-13(27)28/h9-12,14-15,25-26H,3-8,20-21H2,1-2H3,(H,22,30)(H,23,31)(H,24,29)(H,27,28)(H,32,33). The largest absolute Gasteiger partial charge is 0.481 e. The molecule has 0 saturated carbocycles. The van der Waals surface area contributed by atoms with Crippen molar-refractivity contribution in [2.45, 2.75) is 82.3 Å². The highest BCUT2D eigenvalue weighted by Gasteiger charge is 2.33. The Labute approximate surface area is 191 Å². The normalized spacial score (nSPS) is 16.4. The lowest BCUT2D eigenvalue weighted by Crippen LogP contribution is -2.60. The molecule has 0 rings (SSSR count). The lowest BCUT2D eigenvalue weighted by Gasteiger charge is -2.26. The fourth-order valence-electron chi connectivity index (χ4n) is 2.69. The molecule has 0 spiro atoms.